The quantitative estimate of drug-likeness (QED) is 0.0209. The summed E-state index contributed by atoms with van der Waals surface area (Å²) < 4.78 is 343. The summed E-state index contributed by atoms with van der Waals surface area (Å²) in [5.41, 5.74) is -0.757. The number of fused-ring (bicyclic) bond motifs is 4. The number of nitrogens with zero attached hydrogens (tertiary/aromatic N) is 12. The molecule has 0 unspecified atom stereocenters. The van der Waals surface area contributed by atoms with Crippen LogP contribution in [0.25, 0.3) is 43.6 Å². The molecule has 0 spiro atoms. The van der Waals surface area contributed by atoms with Crippen molar-refractivity contribution in [2.75, 3.05) is 130 Å². The third kappa shape index (κ3) is 28.5. The van der Waals surface area contributed by atoms with Gasteiger partial charge in [0, 0.05) is 177 Å². The van der Waals surface area contributed by atoms with E-state index in [0.717, 1.165) is 35.9 Å². The van der Waals surface area contributed by atoms with Crippen molar-refractivity contribution in [1.29, 1.82) is 21.0 Å². The van der Waals surface area contributed by atoms with Crippen molar-refractivity contribution in [3.8, 4) is 47.3 Å². The van der Waals surface area contributed by atoms with Crippen molar-refractivity contribution in [3.05, 3.63) is 284 Å². The van der Waals surface area contributed by atoms with Crippen molar-refractivity contribution in [3.63, 3.8) is 0 Å². The Morgan fingerprint density at radius 3 is 0.871 bits per heavy atom. The molecule has 4 aromatic heterocycles. The smallest absolute Gasteiger partial charge is 0.159 e. The topological polar surface area (TPSA) is 313 Å². The number of nitriles is 4. The Morgan fingerprint density at radius 1 is 0.394 bits per heavy atom. The van der Waals surface area contributed by atoms with Crippen molar-refractivity contribution in [1.82, 2.24) is 39.5 Å². The zero-order valence-corrected chi connectivity index (χ0v) is 74.0. The van der Waals surface area contributed by atoms with E-state index in [1.165, 1.54) is 117 Å². The number of likely N-dealkylation sites (N-methyl/N-ethyl adjacent to an activating group) is 4. The molecule has 132 heavy (non-hydrogen) atoms. The Balaban J connectivity index is 0.000000242. The average molecular weight is 1820 g/mol. The lowest BCUT2D eigenvalue weighted by molar-refractivity contribution is -0.114. The first kappa shape index (κ1) is 63.0. The maximum Gasteiger partial charge on any atom is 0.159 e. The molecule has 0 bridgehead atoms. The van der Waals surface area contributed by atoms with E-state index in [9.17, 15) is 57.8 Å². The van der Waals surface area contributed by atoms with E-state index < -0.39 is 214 Å². The van der Waals surface area contributed by atoms with Gasteiger partial charge in [-0.1, -0.05) is 24.2 Å². The molecule has 0 saturated heterocycles. The van der Waals surface area contributed by atoms with Gasteiger partial charge in [-0.2, -0.15) is 21.0 Å². The van der Waals surface area contributed by atoms with Crippen molar-refractivity contribution < 1.29 is 101 Å². The Morgan fingerprint density at radius 2 is 0.644 bits per heavy atom. The molecule has 0 atom stereocenters. The van der Waals surface area contributed by atoms with Gasteiger partial charge in [-0.15, -0.1) is 0 Å². The molecule has 28 heteroatoms. The highest BCUT2D eigenvalue weighted by Crippen LogP contribution is 2.40. The normalized spacial score (nSPS) is 16.0. The van der Waals surface area contributed by atoms with Gasteiger partial charge < -0.3 is 59.8 Å². The first-order valence-corrected chi connectivity index (χ1v) is 39.5. The fraction of sp³-hybridized carbons (Fsp3) is 0.269. The summed E-state index contributed by atoms with van der Waals surface area (Å²) in [6, 6.07) is 6.42. The summed E-state index contributed by atoms with van der Waals surface area (Å²) >= 11 is 0. The van der Waals surface area contributed by atoms with Crippen molar-refractivity contribution in [2.24, 2.45) is 0 Å². The third-order valence-electron chi connectivity index (χ3n) is 17.9. The monoisotopic (exact) mass is 1820 g/mol. The number of halogens is 4. The predicted octanol–water partition coefficient (Wildman–Crippen LogP) is 19.7. The number of benzene rings is 8. The summed E-state index contributed by atoms with van der Waals surface area (Å²) in [4.78, 5) is 74.3. The van der Waals surface area contributed by atoms with E-state index in [4.69, 9.17) is 64.2 Å². The summed E-state index contributed by atoms with van der Waals surface area (Å²) in [5.74, 6) is -7.81. The van der Waals surface area contributed by atoms with Crippen LogP contribution >= 0.6 is 0 Å². The van der Waals surface area contributed by atoms with Crippen LogP contribution in [0.1, 0.15) is 140 Å². The molecular formula is C104H108F4N16O8. The van der Waals surface area contributed by atoms with E-state index in [2.05, 4.69) is 41.2 Å². The molecular weight excluding hydrogens is 1680 g/mol. The van der Waals surface area contributed by atoms with E-state index >= 15 is 0 Å². The van der Waals surface area contributed by atoms with Crippen LogP contribution in [0.4, 0.5) is 63.1 Å². The Kier molecular flexibility index (Phi) is 23.4. The molecule has 24 nitrogen and oxygen atoms in total. The number of hydrogen-bond acceptors (Lipinski definition) is 24. The predicted molar refractivity (Wildman–Crippen MR) is 514 cm³/mol. The van der Waals surface area contributed by atoms with Gasteiger partial charge in [0.25, 0.3) is 0 Å². The van der Waals surface area contributed by atoms with Gasteiger partial charge in [-0.25, -0.2) is 17.6 Å². The minimum Gasteiger partial charge on any atom is -0.494 e. The number of pyridine rings is 4. The molecule has 4 N–H and O–H groups in total. The Labute approximate surface area is 814 Å². The highest BCUT2D eigenvalue weighted by molar-refractivity contribution is 6.03. The van der Waals surface area contributed by atoms with Crippen molar-refractivity contribution >= 4 is 112 Å². The molecule has 12 rings (SSSR count). The summed E-state index contributed by atoms with van der Waals surface area (Å²) in [5, 5.41) is 51.1. The van der Waals surface area contributed by atoms with E-state index in [1.807, 2.05) is 24.3 Å². The Bertz CT molecular complexity index is 8320. The number of hydrogen-bond donors (Lipinski definition) is 4. The van der Waals surface area contributed by atoms with Gasteiger partial charge in [0.1, 0.15) is 70.5 Å². The second-order valence-electron chi connectivity index (χ2n) is 29.0. The summed E-state index contributed by atoms with van der Waals surface area (Å²) in [6.07, 6.45) is 2.63. The van der Waals surface area contributed by atoms with Crippen LogP contribution in [0.3, 0.4) is 0 Å². The molecule has 12 aromatic rings. The second-order valence-corrected chi connectivity index (χ2v) is 29.0. The number of nitrogens with one attached hydrogen (secondary N) is 4. The molecule has 0 saturated carbocycles. The van der Waals surface area contributed by atoms with Gasteiger partial charge in [0.05, 0.1) is 129 Å². The summed E-state index contributed by atoms with van der Waals surface area (Å²) in [7, 11) is 12.1. The largest absolute Gasteiger partial charge is 0.494 e. The van der Waals surface area contributed by atoms with Gasteiger partial charge in [-0.05, 0) is 255 Å². The van der Waals surface area contributed by atoms with Crippen LogP contribution in [-0.2, 0) is 44.9 Å². The highest BCUT2D eigenvalue weighted by atomic mass is 19.1. The maximum absolute atomic E-state index is 14.3. The number of aromatic nitrogens is 4. The molecule has 4 heterocycles. The fourth-order valence-electron chi connectivity index (χ4n) is 11.9. The number of anilines is 8. The number of carbonyl (C=O) groups excluding carboxylic acids is 4. The average Bonchev–Trinajstić information content (AvgIpc) is 0.761. The SMILES string of the molecule is [2H]/C(C(=O)Cc1cc2c(Nc3c([2H])c([2H])c(F)c(C)c3[2H])c(C#N)cnc2cc1OC([2H])([2H])C)=C(/[2H])C([2H])([2H])N(C)C.[2H]/C(C(=O)Cc1cc2c(Nc3c([2H])c([2H])c(F)c(C)c3[2H])c(C#N)cnc2cc1OCC)=C(/[2H])C([2H])([2H])N(C)C.[2H]/C(CN(C)C)=C(/[2H])C(=O)Cc1cc2c(Nc3c([2H])c([2H])c(F)c(C)c3[2H])c(C#N)cnc2cc1OC([2H])([2H])C.[2H]/C(CN(C)C)=C(/[2H])C(=O)Cc1cc2c(Nc3c([2H])c([2H])c(F)c(C)c3[2H])c(C#N)cnc2cc1OC([2H])([2H])C([2H])([2H])[2H]. The van der Waals surface area contributed by atoms with Crippen molar-refractivity contribution in [2.45, 2.75) is 81.0 Å². The molecule has 0 aliphatic heterocycles. The van der Waals surface area contributed by atoms with Gasteiger partial charge in [-0.3, -0.25) is 39.1 Å². The van der Waals surface area contributed by atoms with Gasteiger partial charge in [0.2, 0.25) is 0 Å². The molecule has 8 aromatic carbocycles. The van der Waals surface area contributed by atoms with Gasteiger partial charge in [0.15, 0.2) is 23.1 Å². The molecule has 0 aliphatic rings. The zero-order chi connectivity index (χ0) is 125. The second kappa shape index (κ2) is 48.9. The minimum absolute atomic E-state index is 0.00132. The first-order chi connectivity index (χ1) is 76.3. The molecule has 0 aliphatic carbocycles. The van der Waals surface area contributed by atoms with Crippen LogP contribution in [0, 0.1) is 96.3 Å². The molecule has 0 fully saturated rings. The minimum atomic E-state index is -3.24. The number of carbonyl (C=O) groups is 4. The van der Waals surface area contributed by atoms with Crippen LogP contribution in [-0.4, -0.2) is 171 Å². The first-order valence-electron chi connectivity index (χ1n) is 56.0. The van der Waals surface area contributed by atoms with E-state index in [0.29, 0.717) is 5.52 Å². The lowest BCUT2D eigenvalue weighted by atomic mass is 10.0. The van der Waals surface area contributed by atoms with Crippen LogP contribution in [0.2, 0.25) is 0 Å². The number of allylic oxidation sites excluding steroid dienone is 4. The number of rotatable bonds is 36. The van der Waals surface area contributed by atoms with Crippen LogP contribution in [0.15, 0.2) is 194 Å². The standard InChI is InChI=1S/4C26H27FN4O2/c4*1-5-33-25-14-24-22(13-18(25)12-21(32)7-6-10-31(3)4)26(19(15-28)16-29-24)30-20-8-9-23(27)17(2)11-20/h4*6-9,11,13-14,16H,5,10,12H2,1-4H3,(H,29,30)/b4*7-6+/i5D2,6D,7D,8D,9D,10D2,11D;1D3,5D2,6D,7D,8D,9D,11D;6D,7D,8D,9D,10D2,11D;5D2,6D,7D,8D,9D,11D. The zero-order valence-electron chi connectivity index (χ0n) is 107. The van der Waals surface area contributed by atoms with E-state index in [1.54, 1.807) is 44.9 Å². The molecule has 0 radical (unpaired) electrons. The Hall–Kier alpha value is -15.0. The lowest BCUT2D eigenvalue weighted by Gasteiger charge is -2.15. The van der Waals surface area contributed by atoms with Crippen LogP contribution in [0.5, 0.6) is 23.0 Å². The lowest BCUT2D eigenvalue weighted by Crippen LogP contribution is -2.11. The highest BCUT2D eigenvalue weighted by Gasteiger charge is 2.23. The third-order valence-corrected chi connectivity index (χ3v) is 17.9. The number of ketones is 4. The van der Waals surface area contributed by atoms with Crippen LogP contribution < -0.4 is 40.2 Å². The number of ether oxygens (including phenoxy) is 4. The van der Waals surface area contributed by atoms with Gasteiger partial charge >= 0.3 is 0 Å². The summed E-state index contributed by atoms with van der Waals surface area (Å²) in [6.45, 7) is -6.21. The van der Waals surface area contributed by atoms with E-state index in [-0.39, 0.29) is 211 Å². The molecule has 0 amide bonds. The molecule has 680 valence electrons. The maximum atomic E-state index is 14.3. The fourth-order valence-corrected chi connectivity index (χ4v) is 11.9.